The van der Waals surface area contributed by atoms with E-state index in [1.807, 2.05) is 41.4 Å². The number of anilines is 1. The van der Waals surface area contributed by atoms with Crippen LogP contribution < -0.4 is 10.2 Å². The van der Waals surface area contributed by atoms with Crippen molar-refractivity contribution in [1.29, 1.82) is 0 Å². The topological polar surface area (TPSA) is 111 Å². The highest BCUT2D eigenvalue weighted by molar-refractivity contribution is 5.88. The van der Waals surface area contributed by atoms with Gasteiger partial charge in [0.25, 0.3) is 5.69 Å². The Labute approximate surface area is 164 Å². The summed E-state index contributed by atoms with van der Waals surface area (Å²) in [5.74, 6) is 0.826. The second-order valence-electron chi connectivity index (χ2n) is 7.10. The molecule has 2 heterocycles. The molecule has 2 aliphatic rings. The number of non-ortho nitro benzene ring substituents is 1. The number of hydrogen-bond donors (Lipinski definition) is 1. The second kappa shape index (κ2) is 6.42. The molecule has 1 N–H and O–H groups in total. The molecule has 2 aliphatic heterocycles. The van der Waals surface area contributed by atoms with E-state index in [1.165, 1.54) is 12.1 Å². The predicted octanol–water partition coefficient (Wildman–Crippen LogP) is 4.54. The molecule has 1 saturated heterocycles. The van der Waals surface area contributed by atoms with E-state index < -0.39 is 9.85 Å². The number of nitrogens with zero attached hydrogens (tertiary/aromatic N) is 3. The summed E-state index contributed by atoms with van der Waals surface area (Å²) in [7, 11) is 0. The molecule has 2 atom stereocenters. The molecule has 0 aromatic heterocycles. The summed E-state index contributed by atoms with van der Waals surface area (Å²) in [6.07, 6.45) is 1.32. The number of nitro benzene ring substituents is 2. The van der Waals surface area contributed by atoms with Gasteiger partial charge in [-0.2, -0.15) is 5.01 Å². The third-order valence-corrected chi connectivity index (χ3v) is 5.50. The van der Waals surface area contributed by atoms with Crippen molar-refractivity contribution in [3.8, 4) is 5.75 Å². The van der Waals surface area contributed by atoms with Crippen LogP contribution in [-0.2, 0) is 0 Å². The van der Waals surface area contributed by atoms with Crippen LogP contribution in [0, 0.1) is 20.2 Å². The Morgan fingerprint density at radius 1 is 1.00 bits per heavy atom. The highest BCUT2D eigenvalue weighted by Gasteiger charge is 2.43. The van der Waals surface area contributed by atoms with E-state index in [4.69, 9.17) is 4.74 Å². The van der Waals surface area contributed by atoms with E-state index in [0.29, 0.717) is 0 Å². The van der Waals surface area contributed by atoms with Gasteiger partial charge in [0.1, 0.15) is 11.4 Å². The smallest absolute Gasteiger partial charge is 0.300 e. The molecular weight excluding hydrogens is 376 g/mol. The quantitative estimate of drug-likeness (QED) is 0.512. The molecule has 1 fully saturated rings. The zero-order chi connectivity index (χ0) is 20.1. The third-order valence-electron chi connectivity index (χ3n) is 5.50. The fourth-order valence-electron chi connectivity index (χ4n) is 4.22. The monoisotopic (exact) mass is 392 g/mol. The Balaban J connectivity index is 1.55. The number of benzene rings is 3. The van der Waals surface area contributed by atoms with Gasteiger partial charge in [-0.3, -0.25) is 20.2 Å². The van der Waals surface area contributed by atoms with Crippen LogP contribution in [0.4, 0.5) is 17.1 Å². The fraction of sp³-hybridized carbons (Fsp3) is 0.200. The van der Waals surface area contributed by atoms with Crippen molar-refractivity contribution in [3.63, 3.8) is 0 Å². The van der Waals surface area contributed by atoms with Crippen molar-refractivity contribution in [1.82, 2.24) is 5.01 Å². The molecular formula is C20H16N4O5. The zero-order valence-electron chi connectivity index (χ0n) is 15.1. The van der Waals surface area contributed by atoms with E-state index in [2.05, 4.69) is 5.43 Å². The highest BCUT2D eigenvalue weighted by Crippen LogP contribution is 2.48. The van der Waals surface area contributed by atoms with E-state index >= 15 is 0 Å². The van der Waals surface area contributed by atoms with Gasteiger partial charge in [0.15, 0.2) is 6.23 Å². The minimum Gasteiger partial charge on any atom is -0.473 e. The summed E-state index contributed by atoms with van der Waals surface area (Å²) >= 11 is 0. The summed E-state index contributed by atoms with van der Waals surface area (Å²) in [6, 6.07) is 15.6. The Kier molecular flexibility index (Phi) is 3.85. The zero-order valence-corrected chi connectivity index (χ0v) is 15.1. The molecule has 9 nitrogen and oxygen atoms in total. The molecule has 146 valence electrons. The van der Waals surface area contributed by atoms with E-state index in [0.717, 1.165) is 41.0 Å². The van der Waals surface area contributed by atoms with Gasteiger partial charge in [0, 0.05) is 18.1 Å². The first kappa shape index (κ1) is 17.4. The number of rotatable bonds is 4. The standard InChI is InChI=1S/C20H16N4O5/c25-23(26)13-6-7-15(17(11-13)24(27)28)21-22-16-8-10-19(22)29-18-9-5-12-3-1-2-4-14(12)20(16)18/h1-7,9,11,16,19,21H,8,10H2. The van der Waals surface area contributed by atoms with Gasteiger partial charge in [-0.15, -0.1) is 0 Å². The maximum Gasteiger partial charge on any atom is 0.300 e. The van der Waals surface area contributed by atoms with E-state index in [1.54, 1.807) is 0 Å². The second-order valence-corrected chi connectivity index (χ2v) is 7.10. The molecule has 9 heteroatoms. The van der Waals surface area contributed by atoms with E-state index in [-0.39, 0.29) is 29.3 Å². The lowest BCUT2D eigenvalue weighted by Crippen LogP contribution is -2.43. The predicted molar refractivity (Wildman–Crippen MR) is 106 cm³/mol. The first-order valence-corrected chi connectivity index (χ1v) is 9.19. The molecule has 0 amide bonds. The van der Waals surface area contributed by atoms with Crippen LogP contribution >= 0.6 is 0 Å². The number of fused-ring (bicyclic) bond motifs is 6. The van der Waals surface area contributed by atoms with Crippen LogP contribution in [0.2, 0.25) is 0 Å². The van der Waals surface area contributed by atoms with E-state index in [9.17, 15) is 20.2 Å². The van der Waals surface area contributed by atoms with Crippen molar-refractivity contribution < 1.29 is 14.6 Å². The minimum atomic E-state index is -0.646. The summed E-state index contributed by atoms with van der Waals surface area (Å²) in [6.45, 7) is 0. The highest BCUT2D eigenvalue weighted by atomic mass is 16.6. The molecule has 5 rings (SSSR count). The lowest BCUT2D eigenvalue weighted by Gasteiger charge is -2.37. The minimum absolute atomic E-state index is 0.0235. The maximum absolute atomic E-state index is 11.5. The first-order valence-electron chi connectivity index (χ1n) is 9.19. The van der Waals surface area contributed by atoms with Gasteiger partial charge in [-0.1, -0.05) is 30.3 Å². The molecule has 0 aliphatic carbocycles. The molecule has 0 spiro atoms. The number of ether oxygens (including phenoxy) is 1. The van der Waals surface area contributed by atoms with Crippen molar-refractivity contribution in [2.45, 2.75) is 25.1 Å². The largest absolute Gasteiger partial charge is 0.473 e. The lowest BCUT2D eigenvalue weighted by atomic mass is 9.96. The van der Waals surface area contributed by atoms with Gasteiger partial charge in [0.05, 0.1) is 22.0 Å². The lowest BCUT2D eigenvalue weighted by molar-refractivity contribution is -0.393. The normalized spacial score (nSPS) is 20.1. The van der Waals surface area contributed by atoms with Gasteiger partial charge in [-0.25, -0.2) is 0 Å². The Morgan fingerprint density at radius 2 is 1.83 bits per heavy atom. The first-order chi connectivity index (χ1) is 14.0. The molecule has 0 radical (unpaired) electrons. The molecule has 2 unspecified atom stereocenters. The van der Waals surface area contributed by atoms with Gasteiger partial charge in [0.2, 0.25) is 0 Å². The van der Waals surface area contributed by atoms with Crippen molar-refractivity contribution >= 4 is 27.8 Å². The Bertz CT molecular complexity index is 1160. The van der Waals surface area contributed by atoms with Gasteiger partial charge in [-0.05, 0) is 29.3 Å². The maximum atomic E-state index is 11.5. The number of hydrogen-bond acceptors (Lipinski definition) is 7. The molecule has 29 heavy (non-hydrogen) atoms. The summed E-state index contributed by atoms with van der Waals surface area (Å²) in [4.78, 5) is 21.2. The van der Waals surface area contributed by atoms with Crippen molar-refractivity contribution in [3.05, 3.63) is 80.4 Å². The van der Waals surface area contributed by atoms with Crippen LogP contribution in [0.5, 0.6) is 5.75 Å². The van der Waals surface area contributed by atoms with Crippen LogP contribution in [-0.4, -0.2) is 21.1 Å². The summed E-state index contributed by atoms with van der Waals surface area (Å²) in [5, 5.41) is 26.5. The van der Waals surface area contributed by atoms with Crippen LogP contribution in [0.25, 0.3) is 10.8 Å². The van der Waals surface area contributed by atoms with Crippen molar-refractivity contribution in [2.75, 3.05) is 5.43 Å². The molecule has 0 saturated carbocycles. The van der Waals surface area contributed by atoms with Gasteiger partial charge >= 0.3 is 5.69 Å². The van der Waals surface area contributed by atoms with Crippen LogP contribution in [0.15, 0.2) is 54.6 Å². The number of hydrazine groups is 1. The summed E-state index contributed by atoms with van der Waals surface area (Å²) in [5.41, 5.74) is 3.69. The molecule has 3 aromatic rings. The van der Waals surface area contributed by atoms with Gasteiger partial charge < -0.3 is 10.2 Å². The Morgan fingerprint density at radius 3 is 2.62 bits per heavy atom. The molecule has 3 aromatic carbocycles. The van der Waals surface area contributed by atoms with Crippen LogP contribution in [0.3, 0.4) is 0 Å². The summed E-state index contributed by atoms with van der Waals surface area (Å²) < 4.78 is 6.16. The third kappa shape index (κ3) is 2.74. The average molecular weight is 392 g/mol. The average Bonchev–Trinajstić information content (AvgIpc) is 2.98. The number of nitro groups is 2. The fourth-order valence-corrected chi connectivity index (χ4v) is 4.22. The number of nitrogens with one attached hydrogen (secondary N) is 1. The Hall–Kier alpha value is -3.72. The van der Waals surface area contributed by atoms with Crippen LogP contribution in [0.1, 0.15) is 24.4 Å². The SMILES string of the molecule is O=[N+]([O-])c1ccc(NN2C3CCC2c2c(ccc4ccccc24)O3)c([N+](=O)[O-])c1. The van der Waals surface area contributed by atoms with Crippen molar-refractivity contribution in [2.24, 2.45) is 0 Å². The molecule has 2 bridgehead atoms.